The molecule has 1 amide bonds. The van der Waals surface area contributed by atoms with Gasteiger partial charge in [0.05, 0.1) is 4.90 Å². The second-order valence-electron chi connectivity index (χ2n) is 5.69. The number of nitrogens with one attached hydrogen (secondary N) is 2. The third kappa shape index (κ3) is 4.77. The van der Waals surface area contributed by atoms with Crippen LogP contribution in [0.2, 0.25) is 0 Å². The maximum atomic E-state index is 13.4. The molecule has 1 fully saturated rings. The lowest BCUT2D eigenvalue weighted by atomic mass is 10.3. The van der Waals surface area contributed by atoms with Crippen molar-refractivity contribution in [1.29, 1.82) is 0 Å². The number of sulfonamides is 1. The number of carbonyl (C=O) groups is 1. The zero-order valence-corrected chi connectivity index (χ0v) is 14.1. The van der Waals surface area contributed by atoms with Crippen LogP contribution in [-0.4, -0.2) is 27.0 Å². The lowest BCUT2D eigenvalue weighted by molar-refractivity contribution is -0.118. The Balaban J connectivity index is 1.61. The minimum absolute atomic E-state index is 0.00239. The maximum Gasteiger partial charge on any atom is 0.262 e. The fourth-order valence-electron chi connectivity index (χ4n) is 2.13. The van der Waals surface area contributed by atoms with Crippen molar-refractivity contribution >= 4 is 21.6 Å². The van der Waals surface area contributed by atoms with Gasteiger partial charge in [0.2, 0.25) is 10.0 Å². The molecule has 1 aliphatic rings. The summed E-state index contributed by atoms with van der Waals surface area (Å²) < 4.78 is 45.5. The normalized spacial score (nSPS) is 14.1. The summed E-state index contributed by atoms with van der Waals surface area (Å²) in [5, 5.41) is 2.53. The molecule has 3 rings (SSSR count). The van der Waals surface area contributed by atoms with Crippen molar-refractivity contribution < 1.29 is 22.3 Å². The Morgan fingerprint density at radius 2 is 1.92 bits per heavy atom. The Bertz CT molecular complexity index is 882. The fraction of sp³-hybridized carbons (Fsp3) is 0.235. The largest absolute Gasteiger partial charge is 0.481 e. The van der Waals surface area contributed by atoms with Crippen LogP contribution in [0.1, 0.15) is 12.8 Å². The van der Waals surface area contributed by atoms with E-state index in [0.29, 0.717) is 5.69 Å². The monoisotopic (exact) mass is 364 g/mol. The predicted molar refractivity (Wildman–Crippen MR) is 90.3 cm³/mol. The van der Waals surface area contributed by atoms with Gasteiger partial charge in [-0.1, -0.05) is 18.2 Å². The molecule has 0 bridgehead atoms. The molecule has 0 radical (unpaired) electrons. The highest BCUT2D eigenvalue weighted by atomic mass is 32.2. The van der Waals surface area contributed by atoms with Gasteiger partial charge in [0, 0.05) is 11.7 Å². The van der Waals surface area contributed by atoms with Gasteiger partial charge in [-0.05, 0) is 43.2 Å². The molecule has 0 saturated heterocycles. The van der Waals surface area contributed by atoms with Crippen molar-refractivity contribution in [2.75, 3.05) is 11.9 Å². The summed E-state index contributed by atoms with van der Waals surface area (Å²) in [7, 11) is -3.60. The Labute approximate surface area is 145 Å². The van der Waals surface area contributed by atoms with Crippen LogP contribution < -0.4 is 14.8 Å². The van der Waals surface area contributed by atoms with E-state index in [2.05, 4.69) is 10.0 Å². The van der Waals surface area contributed by atoms with Gasteiger partial charge < -0.3 is 10.1 Å². The van der Waals surface area contributed by atoms with E-state index in [1.807, 2.05) is 0 Å². The van der Waals surface area contributed by atoms with Crippen molar-refractivity contribution in [3.63, 3.8) is 0 Å². The molecule has 0 aromatic heterocycles. The Hall–Kier alpha value is -2.45. The molecule has 1 aliphatic carbocycles. The van der Waals surface area contributed by atoms with E-state index in [1.54, 1.807) is 12.1 Å². The maximum absolute atomic E-state index is 13.4. The van der Waals surface area contributed by atoms with Crippen molar-refractivity contribution in [2.45, 2.75) is 23.8 Å². The highest BCUT2D eigenvalue weighted by Gasteiger charge is 2.28. The van der Waals surface area contributed by atoms with Gasteiger partial charge in [0.1, 0.15) is 0 Å². The van der Waals surface area contributed by atoms with Crippen LogP contribution in [0.15, 0.2) is 53.4 Å². The zero-order valence-electron chi connectivity index (χ0n) is 13.2. The number of hydrogen-bond acceptors (Lipinski definition) is 4. The molecule has 0 aliphatic heterocycles. The summed E-state index contributed by atoms with van der Waals surface area (Å²) in [5.41, 5.74) is 0.320. The van der Waals surface area contributed by atoms with Crippen LogP contribution in [-0.2, 0) is 14.8 Å². The molecule has 2 aromatic carbocycles. The van der Waals surface area contributed by atoms with Crippen molar-refractivity contribution in [3.8, 4) is 5.75 Å². The number of carbonyl (C=O) groups excluding carboxylic acids is 1. The molecule has 2 N–H and O–H groups in total. The summed E-state index contributed by atoms with van der Waals surface area (Å²) in [6.07, 6.45) is 1.67. The molecule has 25 heavy (non-hydrogen) atoms. The summed E-state index contributed by atoms with van der Waals surface area (Å²) in [4.78, 5) is 12.0. The zero-order chi connectivity index (χ0) is 17.9. The van der Waals surface area contributed by atoms with Crippen molar-refractivity contribution in [1.82, 2.24) is 4.72 Å². The lowest BCUT2D eigenvalue weighted by Crippen LogP contribution is -2.26. The molecule has 2 aromatic rings. The van der Waals surface area contributed by atoms with Crippen LogP contribution in [0, 0.1) is 5.82 Å². The van der Waals surface area contributed by atoms with Gasteiger partial charge in [-0.2, -0.15) is 0 Å². The van der Waals surface area contributed by atoms with Gasteiger partial charge in [-0.15, -0.1) is 0 Å². The first-order valence-electron chi connectivity index (χ1n) is 7.73. The highest BCUT2D eigenvalue weighted by molar-refractivity contribution is 7.89. The highest BCUT2D eigenvalue weighted by Crippen LogP contribution is 2.23. The van der Waals surface area contributed by atoms with Gasteiger partial charge >= 0.3 is 0 Å². The summed E-state index contributed by atoms with van der Waals surface area (Å²) >= 11 is 0. The average Bonchev–Trinajstić information content (AvgIpc) is 3.38. The second-order valence-corrected chi connectivity index (χ2v) is 7.40. The summed E-state index contributed by atoms with van der Waals surface area (Å²) in [5.74, 6) is -1.11. The van der Waals surface area contributed by atoms with Crippen LogP contribution in [0.5, 0.6) is 5.75 Å². The number of ether oxygens (including phenoxy) is 1. The molecule has 1 saturated carbocycles. The van der Waals surface area contributed by atoms with Crippen LogP contribution >= 0.6 is 0 Å². The van der Waals surface area contributed by atoms with Gasteiger partial charge in [0.15, 0.2) is 18.2 Å². The van der Waals surface area contributed by atoms with Gasteiger partial charge in [0.25, 0.3) is 5.91 Å². The fourth-order valence-corrected chi connectivity index (χ4v) is 3.48. The quantitative estimate of drug-likeness (QED) is 0.789. The minimum atomic E-state index is -3.60. The van der Waals surface area contributed by atoms with Crippen LogP contribution in [0.3, 0.4) is 0 Å². The topological polar surface area (TPSA) is 84.5 Å². The van der Waals surface area contributed by atoms with E-state index in [-0.39, 0.29) is 16.7 Å². The van der Waals surface area contributed by atoms with Crippen LogP contribution in [0.25, 0.3) is 0 Å². The lowest BCUT2D eigenvalue weighted by Gasteiger charge is -2.10. The van der Waals surface area contributed by atoms with E-state index in [4.69, 9.17) is 4.74 Å². The van der Waals surface area contributed by atoms with E-state index in [0.717, 1.165) is 12.8 Å². The van der Waals surface area contributed by atoms with Gasteiger partial charge in [-0.3, -0.25) is 4.79 Å². The minimum Gasteiger partial charge on any atom is -0.481 e. The summed E-state index contributed by atoms with van der Waals surface area (Å²) in [6.45, 7) is -0.391. The number of amides is 1. The molecular weight excluding hydrogens is 347 g/mol. The average molecular weight is 364 g/mol. The number of benzene rings is 2. The van der Waals surface area contributed by atoms with E-state index in [1.165, 1.54) is 36.4 Å². The second kappa shape index (κ2) is 7.20. The Kier molecular flexibility index (Phi) is 5.00. The smallest absolute Gasteiger partial charge is 0.262 e. The van der Waals surface area contributed by atoms with E-state index < -0.39 is 28.4 Å². The third-order valence-corrected chi connectivity index (χ3v) is 5.04. The van der Waals surface area contributed by atoms with E-state index in [9.17, 15) is 17.6 Å². The van der Waals surface area contributed by atoms with E-state index >= 15 is 0 Å². The standard InChI is InChI=1S/C17H17FN2O4S/c18-15-6-1-2-7-16(15)24-11-17(21)19-13-4-3-5-14(10-13)25(22,23)20-12-8-9-12/h1-7,10,12,20H,8-9,11H2,(H,19,21). The molecule has 8 heteroatoms. The van der Waals surface area contributed by atoms with Gasteiger partial charge in [-0.25, -0.2) is 17.5 Å². The molecule has 0 spiro atoms. The first-order chi connectivity index (χ1) is 11.9. The SMILES string of the molecule is O=C(COc1ccccc1F)Nc1cccc(S(=O)(=O)NC2CC2)c1. The molecule has 0 atom stereocenters. The number of halogens is 1. The first-order valence-corrected chi connectivity index (χ1v) is 9.22. The Morgan fingerprint density at radius 3 is 2.64 bits per heavy atom. The molecule has 0 unspecified atom stereocenters. The number of para-hydroxylation sites is 1. The van der Waals surface area contributed by atoms with Crippen molar-refractivity contribution in [2.24, 2.45) is 0 Å². The predicted octanol–water partition coefficient (Wildman–Crippen LogP) is 2.28. The summed E-state index contributed by atoms with van der Waals surface area (Å²) in [6, 6.07) is 11.7. The van der Waals surface area contributed by atoms with Crippen molar-refractivity contribution in [3.05, 3.63) is 54.3 Å². The molecule has 0 heterocycles. The number of rotatable bonds is 7. The Morgan fingerprint density at radius 1 is 1.16 bits per heavy atom. The number of hydrogen-bond donors (Lipinski definition) is 2. The van der Waals surface area contributed by atoms with Crippen LogP contribution in [0.4, 0.5) is 10.1 Å². The molecular formula is C17H17FN2O4S. The molecule has 6 nitrogen and oxygen atoms in total. The molecule has 132 valence electrons. The first kappa shape index (κ1) is 17.4. The third-order valence-electron chi connectivity index (χ3n) is 3.52. The number of anilines is 1.